The van der Waals surface area contributed by atoms with Crippen LogP contribution in [0.5, 0.6) is 0 Å². The first kappa shape index (κ1) is 15.4. The Morgan fingerprint density at radius 3 is 2.40 bits per heavy atom. The molecule has 0 spiro atoms. The van der Waals surface area contributed by atoms with Crippen LogP contribution in [0.25, 0.3) is 11.1 Å². The number of carbonyl (C=O) groups excluding carboxylic acids is 1. The number of amides is 1. The molecule has 0 fully saturated rings. The Labute approximate surface area is 142 Å². The molecule has 2 aromatic carbocycles. The summed E-state index contributed by atoms with van der Waals surface area (Å²) in [5, 5.41) is 4.20. The van der Waals surface area contributed by atoms with E-state index in [9.17, 15) is 13.6 Å². The zero-order chi connectivity index (χ0) is 17.7. The van der Waals surface area contributed by atoms with Crippen LogP contribution < -0.4 is 0 Å². The van der Waals surface area contributed by atoms with Gasteiger partial charge in [0.25, 0.3) is 0 Å². The Morgan fingerprint density at radius 2 is 1.72 bits per heavy atom. The van der Waals surface area contributed by atoms with E-state index >= 15 is 0 Å². The van der Waals surface area contributed by atoms with Gasteiger partial charge in [-0.05, 0) is 26.0 Å². The maximum atomic E-state index is 14.3. The summed E-state index contributed by atoms with van der Waals surface area (Å²) >= 11 is 0. The van der Waals surface area contributed by atoms with E-state index in [1.165, 1.54) is 16.8 Å². The molecule has 0 atom stereocenters. The van der Waals surface area contributed by atoms with E-state index in [4.69, 9.17) is 0 Å². The molecular weight excluding hydrogens is 324 g/mol. The summed E-state index contributed by atoms with van der Waals surface area (Å²) in [5.74, 6) is -1.37. The lowest BCUT2D eigenvalue weighted by molar-refractivity contribution is 0.249. The van der Waals surface area contributed by atoms with Crippen LogP contribution >= 0.6 is 0 Å². The molecule has 4 rings (SSSR count). The standard InChI is InChI=1S/C19H13F2N3O/c1-10-3-5-12(6-4-10)17-18-16(11(2)23-24(18)19(25)22-17)14-8-7-13(20)9-15(14)21/h3-9H,1-2H3. The zero-order valence-corrected chi connectivity index (χ0v) is 13.5. The largest absolute Gasteiger partial charge is 0.369 e. The molecule has 0 unspecified atom stereocenters. The predicted molar refractivity (Wildman–Crippen MR) is 89.9 cm³/mol. The minimum atomic E-state index is -0.707. The number of fused-ring (bicyclic) bond motifs is 1. The van der Waals surface area contributed by atoms with E-state index in [-0.39, 0.29) is 5.56 Å². The number of hydrogen-bond acceptors (Lipinski definition) is 2. The fraction of sp³-hybridized carbons (Fsp3) is 0.105. The number of rotatable bonds is 2. The molecule has 6 heteroatoms. The van der Waals surface area contributed by atoms with Crippen molar-refractivity contribution >= 4 is 11.7 Å². The van der Waals surface area contributed by atoms with Gasteiger partial charge < -0.3 is 0 Å². The fourth-order valence-corrected chi connectivity index (χ4v) is 3.01. The molecule has 1 aromatic heterocycles. The quantitative estimate of drug-likeness (QED) is 0.701. The number of carbonyl (C=O) groups is 1. The SMILES string of the molecule is Cc1ccc(C2=NC(=O)n3nc(C)c(-c4ccc(F)cc4F)c32)cc1. The molecule has 124 valence electrons. The number of aromatic nitrogens is 2. The van der Waals surface area contributed by atoms with E-state index in [1.807, 2.05) is 31.2 Å². The Bertz CT molecular complexity index is 1050. The number of benzene rings is 2. The molecule has 1 aliphatic heterocycles. The summed E-state index contributed by atoms with van der Waals surface area (Å²) in [6.07, 6.45) is 0. The van der Waals surface area contributed by atoms with E-state index in [0.29, 0.717) is 22.7 Å². The van der Waals surface area contributed by atoms with Gasteiger partial charge in [-0.3, -0.25) is 0 Å². The topological polar surface area (TPSA) is 47.2 Å². The van der Waals surface area contributed by atoms with Gasteiger partial charge in [0.2, 0.25) is 0 Å². The lowest BCUT2D eigenvalue weighted by atomic mass is 9.97. The van der Waals surface area contributed by atoms with Gasteiger partial charge in [0, 0.05) is 22.8 Å². The third kappa shape index (κ3) is 2.38. The van der Waals surface area contributed by atoms with Crippen molar-refractivity contribution in [1.82, 2.24) is 9.78 Å². The molecule has 3 aromatic rings. The van der Waals surface area contributed by atoms with Gasteiger partial charge in [0.1, 0.15) is 23.0 Å². The van der Waals surface area contributed by atoms with E-state index in [2.05, 4.69) is 10.1 Å². The number of aryl methyl sites for hydroxylation is 2. The smallest absolute Gasteiger partial charge is 0.244 e. The van der Waals surface area contributed by atoms with Crippen molar-refractivity contribution in [2.24, 2.45) is 4.99 Å². The van der Waals surface area contributed by atoms with E-state index < -0.39 is 17.7 Å². The molecule has 1 aliphatic rings. The van der Waals surface area contributed by atoms with Crippen LogP contribution in [0, 0.1) is 25.5 Å². The first-order valence-corrected chi connectivity index (χ1v) is 7.71. The zero-order valence-electron chi connectivity index (χ0n) is 13.5. The van der Waals surface area contributed by atoms with Crippen LogP contribution in [-0.4, -0.2) is 21.5 Å². The van der Waals surface area contributed by atoms with E-state index in [1.54, 1.807) is 6.92 Å². The highest BCUT2D eigenvalue weighted by Gasteiger charge is 2.32. The van der Waals surface area contributed by atoms with Crippen molar-refractivity contribution in [3.05, 3.63) is 76.6 Å². The number of hydrogen-bond donors (Lipinski definition) is 0. The fourth-order valence-electron chi connectivity index (χ4n) is 3.01. The minimum absolute atomic E-state index is 0.190. The van der Waals surface area contributed by atoms with Gasteiger partial charge in [0.15, 0.2) is 0 Å². The van der Waals surface area contributed by atoms with Crippen molar-refractivity contribution in [2.45, 2.75) is 13.8 Å². The minimum Gasteiger partial charge on any atom is -0.244 e. The highest BCUT2D eigenvalue weighted by Crippen LogP contribution is 2.34. The molecule has 0 aliphatic carbocycles. The Morgan fingerprint density at radius 1 is 1.00 bits per heavy atom. The molecule has 0 bridgehead atoms. The second-order valence-corrected chi connectivity index (χ2v) is 5.95. The maximum absolute atomic E-state index is 14.3. The molecule has 0 radical (unpaired) electrons. The highest BCUT2D eigenvalue weighted by atomic mass is 19.1. The second-order valence-electron chi connectivity index (χ2n) is 5.95. The highest BCUT2D eigenvalue weighted by molar-refractivity contribution is 6.23. The van der Waals surface area contributed by atoms with Gasteiger partial charge in [-0.25, -0.2) is 13.6 Å². The van der Waals surface area contributed by atoms with Crippen molar-refractivity contribution in [2.75, 3.05) is 0 Å². The molecule has 0 saturated carbocycles. The van der Waals surface area contributed by atoms with Crippen molar-refractivity contribution in [1.29, 1.82) is 0 Å². The molecule has 2 heterocycles. The summed E-state index contributed by atoms with van der Waals surface area (Å²) in [6, 6.07) is 10.3. The van der Waals surface area contributed by atoms with Gasteiger partial charge in [-0.2, -0.15) is 14.8 Å². The molecule has 0 N–H and O–H groups in total. The number of halogens is 2. The second kappa shape index (κ2) is 5.44. The lowest BCUT2D eigenvalue weighted by Gasteiger charge is -2.07. The molecular formula is C19H13F2N3O. The summed E-state index contributed by atoms with van der Waals surface area (Å²) in [5.41, 5.74) is 3.79. The van der Waals surface area contributed by atoms with Crippen LogP contribution in [0.4, 0.5) is 13.6 Å². The van der Waals surface area contributed by atoms with Crippen LogP contribution in [-0.2, 0) is 0 Å². The van der Waals surface area contributed by atoms with Crippen molar-refractivity contribution < 1.29 is 13.6 Å². The van der Waals surface area contributed by atoms with Crippen LogP contribution in [0.3, 0.4) is 0 Å². The Hall–Kier alpha value is -3.15. The molecule has 25 heavy (non-hydrogen) atoms. The lowest BCUT2D eigenvalue weighted by Crippen LogP contribution is -2.07. The molecule has 1 amide bonds. The Balaban J connectivity index is 1.96. The van der Waals surface area contributed by atoms with Crippen LogP contribution in [0.2, 0.25) is 0 Å². The number of nitrogens with zero attached hydrogens (tertiary/aromatic N) is 3. The molecule has 0 saturated heterocycles. The van der Waals surface area contributed by atoms with Crippen molar-refractivity contribution in [3.63, 3.8) is 0 Å². The van der Waals surface area contributed by atoms with Crippen molar-refractivity contribution in [3.8, 4) is 11.1 Å². The van der Waals surface area contributed by atoms with Gasteiger partial charge in [-0.1, -0.05) is 29.8 Å². The van der Waals surface area contributed by atoms with Crippen LogP contribution in [0.15, 0.2) is 47.5 Å². The van der Waals surface area contributed by atoms with Gasteiger partial charge in [0.05, 0.1) is 5.69 Å². The number of aliphatic imine (C=N–C) groups is 1. The third-order valence-corrected chi connectivity index (χ3v) is 4.20. The first-order chi connectivity index (χ1) is 12.0. The van der Waals surface area contributed by atoms with Gasteiger partial charge >= 0.3 is 6.03 Å². The average molecular weight is 337 g/mol. The average Bonchev–Trinajstić information content (AvgIpc) is 3.06. The third-order valence-electron chi connectivity index (χ3n) is 4.20. The summed E-state index contributed by atoms with van der Waals surface area (Å²) in [4.78, 5) is 16.3. The van der Waals surface area contributed by atoms with Gasteiger partial charge in [-0.15, -0.1) is 0 Å². The maximum Gasteiger partial charge on any atom is 0.369 e. The Kier molecular flexibility index (Phi) is 3.35. The summed E-state index contributed by atoms with van der Waals surface area (Å²) < 4.78 is 28.8. The van der Waals surface area contributed by atoms with E-state index in [0.717, 1.165) is 17.2 Å². The summed E-state index contributed by atoms with van der Waals surface area (Å²) in [7, 11) is 0. The van der Waals surface area contributed by atoms with Crippen LogP contribution in [0.1, 0.15) is 22.5 Å². The monoisotopic (exact) mass is 337 g/mol. The predicted octanol–water partition coefficient (Wildman–Crippen LogP) is 4.26. The summed E-state index contributed by atoms with van der Waals surface area (Å²) in [6.45, 7) is 3.64. The normalized spacial score (nSPS) is 13.1. The first-order valence-electron chi connectivity index (χ1n) is 7.71. The molecule has 4 nitrogen and oxygen atoms in total.